The largest absolute Gasteiger partial charge is 0.497 e. The molecule has 2 fully saturated rings. The predicted octanol–water partition coefficient (Wildman–Crippen LogP) is 1.85. The van der Waals surface area contributed by atoms with Crippen LogP contribution in [0.2, 0.25) is 0 Å². The predicted molar refractivity (Wildman–Crippen MR) is 115 cm³/mol. The van der Waals surface area contributed by atoms with Crippen molar-refractivity contribution in [1.82, 2.24) is 20.4 Å². The third kappa shape index (κ3) is 6.60. The van der Waals surface area contributed by atoms with Crippen LogP contribution in [-0.4, -0.2) is 80.3 Å². The lowest BCUT2D eigenvalue weighted by Crippen LogP contribution is -2.56. The Labute approximate surface area is 178 Å². The van der Waals surface area contributed by atoms with Gasteiger partial charge in [0.05, 0.1) is 13.2 Å². The number of ether oxygens (including phenoxy) is 2. The molecule has 0 bridgehead atoms. The van der Waals surface area contributed by atoms with Gasteiger partial charge in [-0.2, -0.15) is 0 Å². The molecule has 1 atom stereocenters. The van der Waals surface area contributed by atoms with Crippen molar-refractivity contribution in [2.75, 3.05) is 46.4 Å². The quantitative estimate of drug-likeness (QED) is 0.670. The molecule has 1 aromatic rings. The Hall–Kier alpha value is -2.32. The van der Waals surface area contributed by atoms with Crippen molar-refractivity contribution in [2.45, 2.75) is 44.7 Å². The summed E-state index contributed by atoms with van der Waals surface area (Å²) in [5, 5.41) is 5.40. The number of piperazine rings is 1. The number of methoxy groups -OCH3 is 1. The maximum Gasteiger partial charge on any atom is 0.321 e. The number of nitrogens with one attached hydrogen (secondary N) is 2. The molecule has 1 aliphatic carbocycles. The topological polar surface area (TPSA) is 83.1 Å². The van der Waals surface area contributed by atoms with Crippen molar-refractivity contribution in [2.24, 2.45) is 0 Å². The SMILES string of the molecule is COc1ccc(OCCN2CCN([C@H](C)C(=O)NC(=O)NC3CCCC3)CC2)cc1. The Morgan fingerprint density at radius 2 is 1.70 bits per heavy atom. The molecule has 1 aliphatic heterocycles. The smallest absolute Gasteiger partial charge is 0.321 e. The number of nitrogens with zero attached hydrogens (tertiary/aromatic N) is 2. The fourth-order valence-electron chi connectivity index (χ4n) is 4.01. The summed E-state index contributed by atoms with van der Waals surface area (Å²) in [5.74, 6) is 1.41. The Balaban J connectivity index is 1.32. The zero-order valence-electron chi connectivity index (χ0n) is 18.1. The van der Waals surface area contributed by atoms with Gasteiger partial charge in [-0.05, 0) is 44.0 Å². The zero-order chi connectivity index (χ0) is 21.3. The molecule has 1 saturated carbocycles. The Morgan fingerprint density at radius 3 is 2.33 bits per heavy atom. The van der Waals surface area contributed by atoms with Crippen LogP contribution in [0.5, 0.6) is 11.5 Å². The second-order valence-corrected chi connectivity index (χ2v) is 8.02. The van der Waals surface area contributed by atoms with Crippen LogP contribution in [-0.2, 0) is 4.79 Å². The maximum atomic E-state index is 12.4. The molecule has 0 aromatic heterocycles. The number of hydrogen-bond donors (Lipinski definition) is 2. The maximum absolute atomic E-state index is 12.4. The van der Waals surface area contributed by atoms with Gasteiger partial charge in [0.2, 0.25) is 5.91 Å². The van der Waals surface area contributed by atoms with Crippen LogP contribution in [0.1, 0.15) is 32.6 Å². The number of imide groups is 1. The van der Waals surface area contributed by atoms with E-state index in [1.807, 2.05) is 31.2 Å². The number of carbonyl (C=O) groups is 2. The van der Waals surface area contributed by atoms with Crippen molar-refractivity contribution in [3.63, 3.8) is 0 Å². The van der Waals surface area contributed by atoms with Gasteiger partial charge in [-0.25, -0.2) is 4.79 Å². The second-order valence-electron chi connectivity index (χ2n) is 8.02. The van der Waals surface area contributed by atoms with Gasteiger partial charge in [-0.3, -0.25) is 19.9 Å². The molecule has 166 valence electrons. The minimum absolute atomic E-state index is 0.205. The van der Waals surface area contributed by atoms with E-state index in [0.29, 0.717) is 6.61 Å². The van der Waals surface area contributed by atoms with E-state index in [4.69, 9.17) is 9.47 Å². The molecule has 1 heterocycles. The molecule has 8 heteroatoms. The van der Waals surface area contributed by atoms with Crippen LogP contribution >= 0.6 is 0 Å². The number of benzene rings is 1. The highest BCUT2D eigenvalue weighted by molar-refractivity contribution is 5.96. The Kier molecular flexibility index (Phi) is 8.33. The molecule has 1 aromatic carbocycles. The summed E-state index contributed by atoms with van der Waals surface area (Å²) in [5.41, 5.74) is 0. The number of hydrogen-bond acceptors (Lipinski definition) is 6. The number of rotatable bonds is 8. The molecule has 8 nitrogen and oxygen atoms in total. The number of urea groups is 1. The fraction of sp³-hybridized carbons (Fsp3) is 0.636. The molecule has 2 aliphatic rings. The average Bonchev–Trinajstić information content (AvgIpc) is 3.27. The third-order valence-electron chi connectivity index (χ3n) is 6.00. The van der Waals surface area contributed by atoms with Crippen LogP contribution < -0.4 is 20.1 Å². The van der Waals surface area contributed by atoms with E-state index >= 15 is 0 Å². The Morgan fingerprint density at radius 1 is 1.07 bits per heavy atom. The zero-order valence-corrected chi connectivity index (χ0v) is 18.1. The second kappa shape index (κ2) is 11.2. The molecule has 2 N–H and O–H groups in total. The molecule has 30 heavy (non-hydrogen) atoms. The summed E-state index contributed by atoms with van der Waals surface area (Å²) in [7, 11) is 1.64. The fourth-order valence-corrected chi connectivity index (χ4v) is 4.01. The summed E-state index contributed by atoms with van der Waals surface area (Å²) in [6.45, 7) is 6.65. The summed E-state index contributed by atoms with van der Waals surface area (Å²) in [6, 6.07) is 7.09. The van der Waals surface area contributed by atoms with Gasteiger partial charge >= 0.3 is 6.03 Å². The van der Waals surface area contributed by atoms with Crippen LogP contribution in [0.15, 0.2) is 24.3 Å². The third-order valence-corrected chi connectivity index (χ3v) is 6.00. The first kappa shape index (κ1) is 22.4. The van der Waals surface area contributed by atoms with E-state index in [0.717, 1.165) is 69.9 Å². The summed E-state index contributed by atoms with van der Waals surface area (Å²) >= 11 is 0. The minimum atomic E-state index is -0.368. The summed E-state index contributed by atoms with van der Waals surface area (Å²) in [4.78, 5) is 28.9. The molecule has 0 unspecified atom stereocenters. The molecule has 3 rings (SSSR count). The van der Waals surface area contributed by atoms with Gasteiger partial charge in [-0.1, -0.05) is 12.8 Å². The van der Waals surface area contributed by atoms with Crippen LogP contribution in [0.4, 0.5) is 4.79 Å². The van der Waals surface area contributed by atoms with E-state index in [2.05, 4.69) is 20.4 Å². The molecule has 3 amide bonds. The van der Waals surface area contributed by atoms with Gasteiger partial charge in [-0.15, -0.1) is 0 Å². The lowest BCUT2D eigenvalue weighted by molar-refractivity contribution is -0.125. The van der Waals surface area contributed by atoms with Gasteiger partial charge < -0.3 is 14.8 Å². The van der Waals surface area contributed by atoms with Crippen molar-refractivity contribution in [3.05, 3.63) is 24.3 Å². The van der Waals surface area contributed by atoms with Crippen molar-refractivity contribution >= 4 is 11.9 Å². The average molecular weight is 419 g/mol. The molecule has 0 radical (unpaired) electrons. The van der Waals surface area contributed by atoms with Crippen LogP contribution in [0.25, 0.3) is 0 Å². The monoisotopic (exact) mass is 418 g/mol. The molecule has 0 spiro atoms. The van der Waals surface area contributed by atoms with Gasteiger partial charge in [0.25, 0.3) is 0 Å². The normalized spacial score (nSPS) is 19.3. The first-order chi connectivity index (χ1) is 14.5. The number of amides is 3. The highest BCUT2D eigenvalue weighted by Gasteiger charge is 2.27. The lowest BCUT2D eigenvalue weighted by Gasteiger charge is -2.37. The molecular weight excluding hydrogens is 384 g/mol. The van der Waals surface area contributed by atoms with E-state index in [1.54, 1.807) is 7.11 Å². The minimum Gasteiger partial charge on any atom is -0.497 e. The standard InChI is InChI=1S/C22H34N4O4/c1-17(21(27)24-22(28)23-18-5-3-4-6-18)26-13-11-25(12-14-26)15-16-30-20-9-7-19(29-2)8-10-20/h7-10,17-18H,3-6,11-16H2,1-2H3,(H2,23,24,27,28)/t17-/m1/s1. The van der Waals surface area contributed by atoms with E-state index in [-0.39, 0.29) is 24.0 Å². The molecule has 1 saturated heterocycles. The van der Waals surface area contributed by atoms with Gasteiger partial charge in [0, 0.05) is 38.8 Å². The van der Waals surface area contributed by atoms with Crippen LogP contribution in [0.3, 0.4) is 0 Å². The first-order valence-electron chi connectivity index (χ1n) is 10.9. The highest BCUT2D eigenvalue weighted by atomic mass is 16.5. The van der Waals surface area contributed by atoms with Gasteiger partial charge in [0.15, 0.2) is 0 Å². The van der Waals surface area contributed by atoms with Crippen LogP contribution in [0, 0.1) is 0 Å². The molecular formula is C22H34N4O4. The summed E-state index contributed by atoms with van der Waals surface area (Å²) < 4.78 is 10.9. The van der Waals surface area contributed by atoms with Crippen molar-refractivity contribution < 1.29 is 19.1 Å². The highest BCUT2D eigenvalue weighted by Crippen LogP contribution is 2.18. The number of carbonyl (C=O) groups excluding carboxylic acids is 2. The first-order valence-corrected chi connectivity index (χ1v) is 10.9. The van der Waals surface area contributed by atoms with Crippen molar-refractivity contribution in [1.29, 1.82) is 0 Å². The Bertz CT molecular complexity index is 683. The summed E-state index contributed by atoms with van der Waals surface area (Å²) in [6.07, 6.45) is 4.29. The van der Waals surface area contributed by atoms with Crippen molar-refractivity contribution in [3.8, 4) is 11.5 Å². The lowest BCUT2D eigenvalue weighted by atomic mass is 10.2. The van der Waals surface area contributed by atoms with E-state index in [9.17, 15) is 9.59 Å². The van der Waals surface area contributed by atoms with E-state index < -0.39 is 0 Å². The van der Waals surface area contributed by atoms with E-state index in [1.165, 1.54) is 0 Å². The van der Waals surface area contributed by atoms with Gasteiger partial charge in [0.1, 0.15) is 18.1 Å².